The van der Waals surface area contributed by atoms with E-state index in [1.807, 2.05) is 0 Å². The van der Waals surface area contributed by atoms with E-state index in [4.69, 9.17) is 4.74 Å². The summed E-state index contributed by atoms with van der Waals surface area (Å²) in [6.45, 7) is 1.22. The summed E-state index contributed by atoms with van der Waals surface area (Å²) in [6, 6.07) is 6.69. The molecule has 154 valence electrons. The third-order valence-corrected chi connectivity index (χ3v) is 4.85. The number of ether oxygens (including phenoxy) is 1. The molecule has 0 aliphatic rings. The molecule has 0 saturated carbocycles. The largest absolute Gasteiger partial charge is 0.494 e. The van der Waals surface area contributed by atoms with E-state index in [9.17, 15) is 22.8 Å². The molecule has 0 radical (unpaired) electrons. The number of hydrogen-bond donors (Lipinski definition) is 0. The van der Waals surface area contributed by atoms with Gasteiger partial charge in [0.25, 0.3) is 0 Å². The highest BCUT2D eigenvalue weighted by Gasteiger charge is 2.21. The van der Waals surface area contributed by atoms with Crippen LogP contribution < -0.4 is 9.64 Å². The molecule has 0 unspecified atom stereocenters. The lowest BCUT2D eigenvalue weighted by molar-refractivity contribution is -0.115. The van der Waals surface area contributed by atoms with Gasteiger partial charge < -0.3 is 4.74 Å². The Hall–Kier alpha value is -3.46. The zero-order valence-corrected chi connectivity index (χ0v) is 16.7. The average molecular weight is 432 g/mol. The predicted molar refractivity (Wildman–Crippen MR) is 108 cm³/mol. The van der Waals surface area contributed by atoms with Gasteiger partial charge in [-0.2, -0.15) is 0 Å². The van der Waals surface area contributed by atoms with Crippen molar-refractivity contribution >= 4 is 39.9 Å². The Bertz CT molecular complexity index is 1140. The Morgan fingerprint density at radius 3 is 2.50 bits per heavy atom. The van der Waals surface area contributed by atoms with Gasteiger partial charge >= 0.3 is 0 Å². The molecule has 5 nitrogen and oxygen atoms in total. The highest BCUT2D eigenvalue weighted by atomic mass is 32.1. The molecule has 0 fully saturated rings. The Morgan fingerprint density at radius 1 is 1.10 bits per heavy atom. The van der Waals surface area contributed by atoms with Crippen molar-refractivity contribution in [3.8, 4) is 5.75 Å². The standard InChI is InChI=1S/C21H15F3N2O3S/c1-12(27)26(18-6-4-14(22)10-16(18)23)21-25-15(11-30-21)5-7-19(28)13-3-8-20(29-2)17(24)9-13/h3-11H,1-2H3/b7-5+. The molecular weight excluding hydrogens is 417 g/mol. The van der Waals surface area contributed by atoms with Gasteiger partial charge in [-0.3, -0.25) is 14.5 Å². The lowest BCUT2D eigenvalue weighted by Crippen LogP contribution is -2.23. The summed E-state index contributed by atoms with van der Waals surface area (Å²) in [7, 11) is 1.32. The van der Waals surface area contributed by atoms with E-state index in [2.05, 4.69) is 4.98 Å². The van der Waals surface area contributed by atoms with Gasteiger partial charge in [0, 0.05) is 23.9 Å². The molecule has 0 bridgehead atoms. The van der Waals surface area contributed by atoms with Crippen molar-refractivity contribution in [2.75, 3.05) is 12.0 Å². The number of benzene rings is 2. The van der Waals surface area contributed by atoms with Crippen molar-refractivity contribution in [2.24, 2.45) is 0 Å². The van der Waals surface area contributed by atoms with Crippen molar-refractivity contribution in [2.45, 2.75) is 6.92 Å². The van der Waals surface area contributed by atoms with Gasteiger partial charge in [-0.05, 0) is 42.5 Å². The topological polar surface area (TPSA) is 59.5 Å². The number of thiazole rings is 1. The molecule has 0 aliphatic heterocycles. The summed E-state index contributed by atoms with van der Waals surface area (Å²) in [5, 5.41) is 1.71. The first kappa shape index (κ1) is 21.3. The number of methoxy groups -OCH3 is 1. The van der Waals surface area contributed by atoms with Crippen LogP contribution in [-0.2, 0) is 4.79 Å². The second-order valence-corrected chi connectivity index (χ2v) is 6.89. The smallest absolute Gasteiger partial charge is 0.230 e. The zero-order valence-electron chi connectivity index (χ0n) is 15.9. The maximum Gasteiger partial charge on any atom is 0.230 e. The van der Waals surface area contributed by atoms with Crippen molar-refractivity contribution in [1.82, 2.24) is 4.98 Å². The van der Waals surface area contributed by atoms with Crippen LogP contribution in [0.1, 0.15) is 23.0 Å². The number of nitrogens with zero attached hydrogens (tertiary/aromatic N) is 2. The number of ketones is 1. The number of allylic oxidation sites excluding steroid dienone is 1. The fourth-order valence-corrected chi connectivity index (χ4v) is 3.45. The van der Waals surface area contributed by atoms with E-state index in [-0.39, 0.29) is 22.1 Å². The van der Waals surface area contributed by atoms with E-state index in [1.54, 1.807) is 5.38 Å². The van der Waals surface area contributed by atoms with Gasteiger partial charge in [0.15, 0.2) is 22.5 Å². The van der Waals surface area contributed by atoms with Crippen molar-refractivity contribution in [3.05, 3.63) is 76.6 Å². The molecule has 3 rings (SSSR count). The summed E-state index contributed by atoms with van der Waals surface area (Å²) in [5.74, 6) is -3.29. The van der Waals surface area contributed by atoms with Crippen LogP contribution in [0.3, 0.4) is 0 Å². The van der Waals surface area contributed by atoms with E-state index in [0.29, 0.717) is 11.8 Å². The quantitative estimate of drug-likeness (QED) is 0.399. The first-order valence-electron chi connectivity index (χ1n) is 8.57. The second-order valence-electron chi connectivity index (χ2n) is 6.05. The monoisotopic (exact) mass is 432 g/mol. The molecule has 0 saturated heterocycles. The molecule has 0 atom stereocenters. The Morgan fingerprint density at radius 2 is 1.87 bits per heavy atom. The molecule has 3 aromatic rings. The molecule has 1 heterocycles. The Kier molecular flexibility index (Phi) is 6.31. The molecule has 2 aromatic carbocycles. The van der Waals surface area contributed by atoms with Crippen LogP contribution in [0, 0.1) is 17.5 Å². The first-order valence-corrected chi connectivity index (χ1v) is 9.45. The molecule has 0 N–H and O–H groups in total. The number of aromatic nitrogens is 1. The van der Waals surface area contributed by atoms with Crippen LogP contribution in [0.15, 0.2) is 47.9 Å². The lowest BCUT2D eigenvalue weighted by Gasteiger charge is -2.18. The van der Waals surface area contributed by atoms with Crippen LogP contribution in [0.2, 0.25) is 0 Å². The minimum Gasteiger partial charge on any atom is -0.494 e. The van der Waals surface area contributed by atoms with Gasteiger partial charge in [-0.25, -0.2) is 18.2 Å². The lowest BCUT2D eigenvalue weighted by atomic mass is 10.1. The highest BCUT2D eigenvalue weighted by molar-refractivity contribution is 7.14. The van der Waals surface area contributed by atoms with E-state index >= 15 is 0 Å². The maximum absolute atomic E-state index is 14.1. The van der Waals surface area contributed by atoms with Crippen molar-refractivity contribution in [1.29, 1.82) is 0 Å². The van der Waals surface area contributed by atoms with Crippen molar-refractivity contribution in [3.63, 3.8) is 0 Å². The van der Waals surface area contributed by atoms with Crippen LogP contribution in [0.25, 0.3) is 6.08 Å². The molecule has 1 aromatic heterocycles. The summed E-state index contributed by atoms with van der Waals surface area (Å²) in [4.78, 5) is 29.5. The van der Waals surface area contributed by atoms with Gasteiger partial charge in [0.05, 0.1) is 18.5 Å². The number of amides is 1. The predicted octanol–water partition coefficient (Wildman–Crippen LogP) is 5.15. The van der Waals surface area contributed by atoms with Gasteiger partial charge in [-0.15, -0.1) is 11.3 Å². The highest BCUT2D eigenvalue weighted by Crippen LogP contribution is 2.31. The average Bonchev–Trinajstić information content (AvgIpc) is 3.16. The van der Waals surface area contributed by atoms with Gasteiger partial charge in [0.1, 0.15) is 11.6 Å². The molecule has 9 heteroatoms. The summed E-state index contributed by atoms with van der Waals surface area (Å²) in [5.41, 5.74) is 0.323. The second kappa shape index (κ2) is 8.91. The number of hydrogen-bond acceptors (Lipinski definition) is 5. The van der Waals surface area contributed by atoms with E-state index < -0.39 is 29.1 Å². The summed E-state index contributed by atoms with van der Waals surface area (Å²) < 4.78 is 45.9. The number of rotatable bonds is 6. The fourth-order valence-electron chi connectivity index (χ4n) is 2.60. The Balaban J connectivity index is 1.83. The summed E-state index contributed by atoms with van der Waals surface area (Å²) in [6.07, 6.45) is 2.60. The van der Waals surface area contributed by atoms with Crippen LogP contribution in [0.4, 0.5) is 24.0 Å². The van der Waals surface area contributed by atoms with Gasteiger partial charge in [0.2, 0.25) is 5.91 Å². The molecular formula is C21H15F3N2O3S. The van der Waals surface area contributed by atoms with Crippen LogP contribution >= 0.6 is 11.3 Å². The zero-order chi connectivity index (χ0) is 21.8. The van der Waals surface area contributed by atoms with Gasteiger partial charge in [-0.1, -0.05) is 0 Å². The first-order chi connectivity index (χ1) is 14.3. The molecule has 1 amide bonds. The summed E-state index contributed by atoms with van der Waals surface area (Å²) >= 11 is 1.04. The van der Waals surface area contributed by atoms with Crippen LogP contribution in [0.5, 0.6) is 5.75 Å². The van der Waals surface area contributed by atoms with Crippen LogP contribution in [-0.4, -0.2) is 23.8 Å². The Labute approximate surface area is 174 Å². The van der Waals surface area contributed by atoms with E-state index in [0.717, 1.165) is 34.4 Å². The minimum absolute atomic E-state index is 0.0250. The van der Waals surface area contributed by atoms with Crippen molar-refractivity contribution < 1.29 is 27.5 Å². The third kappa shape index (κ3) is 4.57. The maximum atomic E-state index is 14.1. The molecule has 0 aliphatic carbocycles. The number of carbonyl (C=O) groups is 2. The SMILES string of the molecule is COc1ccc(C(=O)/C=C/c2csc(N(C(C)=O)c3ccc(F)cc3F)n2)cc1F. The number of anilines is 2. The van der Waals surface area contributed by atoms with E-state index in [1.165, 1.54) is 38.3 Å². The minimum atomic E-state index is -0.908. The normalized spacial score (nSPS) is 11.0. The third-order valence-electron chi connectivity index (χ3n) is 4.01. The number of carbonyl (C=O) groups excluding carboxylic acids is 2. The molecule has 0 spiro atoms. The number of halogens is 3. The molecule has 30 heavy (non-hydrogen) atoms. The fraction of sp³-hybridized carbons (Fsp3) is 0.0952.